The number of carbonyl (C=O) groups is 1. The Morgan fingerprint density at radius 2 is 1.95 bits per heavy atom. The molecule has 0 heterocycles. The lowest BCUT2D eigenvalue weighted by Crippen LogP contribution is -2.19. The van der Waals surface area contributed by atoms with E-state index in [4.69, 9.17) is 0 Å². The van der Waals surface area contributed by atoms with Crippen molar-refractivity contribution in [3.8, 4) is 0 Å². The second kappa shape index (κ2) is 7.09. The van der Waals surface area contributed by atoms with E-state index in [0.29, 0.717) is 5.41 Å². The molecule has 0 saturated carbocycles. The van der Waals surface area contributed by atoms with Crippen molar-refractivity contribution >= 4 is 6.29 Å². The van der Waals surface area contributed by atoms with E-state index in [1.54, 1.807) is 11.6 Å². The van der Waals surface area contributed by atoms with Gasteiger partial charge in [-0.3, -0.25) is 4.79 Å². The Balaban J connectivity index is 2.20. The van der Waals surface area contributed by atoms with Crippen molar-refractivity contribution in [3.05, 3.63) is 58.2 Å². The van der Waals surface area contributed by atoms with Crippen molar-refractivity contribution in [3.63, 3.8) is 0 Å². The first-order chi connectivity index (χ1) is 10.4. The van der Waals surface area contributed by atoms with Crippen LogP contribution in [0, 0.1) is 5.41 Å². The van der Waals surface area contributed by atoms with E-state index in [1.165, 1.54) is 36.0 Å². The molecule has 0 aromatic carbocycles. The molecule has 1 heteroatoms. The summed E-state index contributed by atoms with van der Waals surface area (Å²) in [5.41, 5.74) is 7.20. The second-order valence-corrected chi connectivity index (χ2v) is 7.18. The Morgan fingerprint density at radius 3 is 2.55 bits per heavy atom. The first kappa shape index (κ1) is 16.7. The number of aldehydes is 1. The molecule has 0 N–H and O–H groups in total. The van der Waals surface area contributed by atoms with E-state index < -0.39 is 0 Å². The van der Waals surface area contributed by atoms with Crippen molar-refractivity contribution in [2.24, 2.45) is 5.41 Å². The van der Waals surface area contributed by atoms with Gasteiger partial charge in [-0.2, -0.15) is 0 Å². The van der Waals surface area contributed by atoms with Crippen LogP contribution in [0.2, 0.25) is 0 Å². The topological polar surface area (TPSA) is 17.1 Å². The number of hydrogen-bond acceptors (Lipinski definition) is 1. The third kappa shape index (κ3) is 3.97. The number of rotatable bonds is 3. The third-order valence-electron chi connectivity index (χ3n) is 5.01. The largest absolute Gasteiger partial charge is 0.299 e. The van der Waals surface area contributed by atoms with Gasteiger partial charge in [-0.1, -0.05) is 43.7 Å². The van der Waals surface area contributed by atoms with Crippen molar-refractivity contribution in [1.82, 2.24) is 0 Å². The summed E-state index contributed by atoms with van der Waals surface area (Å²) in [6.45, 7) is 9.18. The Labute approximate surface area is 135 Å². The van der Waals surface area contributed by atoms with Crippen LogP contribution in [-0.4, -0.2) is 6.29 Å². The highest BCUT2D eigenvalue weighted by Gasteiger charge is 2.26. The molecule has 22 heavy (non-hydrogen) atoms. The van der Waals surface area contributed by atoms with Crippen LogP contribution in [0.1, 0.15) is 59.8 Å². The normalized spacial score (nSPS) is 25.9. The lowest BCUT2D eigenvalue weighted by Gasteiger charge is -2.33. The Morgan fingerprint density at radius 1 is 1.18 bits per heavy atom. The SMILES string of the molecule is CC1=C(/C=C/C(C)=C2C=C/C(=C\C=O)CC/2)C(C)(C)CCC1. The zero-order valence-corrected chi connectivity index (χ0v) is 14.4. The monoisotopic (exact) mass is 296 g/mol. The van der Waals surface area contributed by atoms with Crippen molar-refractivity contribution in [2.75, 3.05) is 0 Å². The number of carbonyl (C=O) groups excluding carboxylic acids is 1. The van der Waals surface area contributed by atoms with E-state index >= 15 is 0 Å². The molecule has 0 atom stereocenters. The third-order valence-corrected chi connectivity index (χ3v) is 5.01. The fourth-order valence-electron chi connectivity index (χ4n) is 3.53. The maximum atomic E-state index is 10.5. The van der Waals surface area contributed by atoms with E-state index in [0.717, 1.165) is 24.7 Å². The summed E-state index contributed by atoms with van der Waals surface area (Å²) in [4.78, 5) is 10.5. The summed E-state index contributed by atoms with van der Waals surface area (Å²) < 4.78 is 0. The molecular formula is C21H28O. The van der Waals surface area contributed by atoms with Crippen LogP contribution >= 0.6 is 0 Å². The maximum absolute atomic E-state index is 10.5. The Bertz CT molecular complexity index is 591. The predicted octanol–water partition coefficient (Wildman–Crippen LogP) is 5.86. The average Bonchev–Trinajstić information content (AvgIpc) is 2.47. The van der Waals surface area contributed by atoms with E-state index in [1.807, 2.05) is 0 Å². The maximum Gasteiger partial charge on any atom is 0.143 e. The minimum atomic E-state index is 0.298. The van der Waals surface area contributed by atoms with Crippen molar-refractivity contribution in [1.29, 1.82) is 0 Å². The molecule has 0 aliphatic heterocycles. The van der Waals surface area contributed by atoms with Crippen molar-refractivity contribution < 1.29 is 4.79 Å². The van der Waals surface area contributed by atoms with Gasteiger partial charge in [0.2, 0.25) is 0 Å². The van der Waals surface area contributed by atoms with Crippen LogP contribution in [0.3, 0.4) is 0 Å². The molecule has 0 spiro atoms. The predicted molar refractivity (Wildman–Crippen MR) is 94.7 cm³/mol. The van der Waals surface area contributed by atoms with Crippen molar-refractivity contribution in [2.45, 2.75) is 59.8 Å². The highest BCUT2D eigenvalue weighted by molar-refractivity contribution is 5.67. The van der Waals surface area contributed by atoms with Gasteiger partial charge in [-0.05, 0) is 79.7 Å². The summed E-state index contributed by atoms with van der Waals surface area (Å²) in [5.74, 6) is 0. The summed E-state index contributed by atoms with van der Waals surface area (Å²) in [7, 11) is 0. The summed E-state index contributed by atoms with van der Waals surface area (Å²) in [5, 5.41) is 0. The first-order valence-corrected chi connectivity index (χ1v) is 8.34. The highest BCUT2D eigenvalue weighted by atomic mass is 16.1. The Hall–Kier alpha value is -1.63. The molecule has 0 unspecified atom stereocenters. The standard InChI is InChI=1S/C21H28O/c1-16(19-10-8-18(9-11-19)13-15-22)7-12-20-17(2)6-5-14-21(20,3)4/h7-8,10,12-13,15H,5-6,9,11,14H2,1-4H3/b12-7+,18-13+,19-16-. The van der Waals surface area contributed by atoms with Crippen LogP contribution in [0.4, 0.5) is 0 Å². The van der Waals surface area contributed by atoms with Gasteiger partial charge in [-0.25, -0.2) is 0 Å². The van der Waals surface area contributed by atoms with Gasteiger partial charge in [0.15, 0.2) is 0 Å². The molecule has 2 rings (SSSR count). The second-order valence-electron chi connectivity index (χ2n) is 7.18. The molecule has 118 valence electrons. The molecule has 0 saturated heterocycles. The van der Waals surface area contributed by atoms with E-state index in [2.05, 4.69) is 52.0 Å². The van der Waals surface area contributed by atoms with Crippen LogP contribution in [0.15, 0.2) is 58.2 Å². The lowest BCUT2D eigenvalue weighted by molar-refractivity contribution is -0.104. The molecule has 0 bridgehead atoms. The van der Waals surface area contributed by atoms with Gasteiger partial charge in [0.1, 0.15) is 6.29 Å². The van der Waals surface area contributed by atoms with Gasteiger partial charge in [0.05, 0.1) is 0 Å². The number of hydrogen-bond donors (Lipinski definition) is 0. The van der Waals surface area contributed by atoms with Crippen LogP contribution < -0.4 is 0 Å². The molecule has 0 amide bonds. The van der Waals surface area contributed by atoms with Gasteiger partial charge in [0, 0.05) is 0 Å². The van der Waals surface area contributed by atoms with Gasteiger partial charge >= 0.3 is 0 Å². The molecule has 0 aromatic rings. The smallest absolute Gasteiger partial charge is 0.143 e. The summed E-state index contributed by atoms with van der Waals surface area (Å²) >= 11 is 0. The molecule has 1 nitrogen and oxygen atoms in total. The van der Waals surface area contributed by atoms with Crippen LogP contribution in [-0.2, 0) is 4.79 Å². The first-order valence-electron chi connectivity index (χ1n) is 8.34. The zero-order valence-electron chi connectivity index (χ0n) is 14.4. The van der Waals surface area contributed by atoms with Gasteiger partial charge < -0.3 is 0 Å². The summed E-state index contributed by atoms with van der Waals surface area (Å²) in [6, 6.07) is 0. The molecule has 2 aliphatic rings. The summed E-state index contributed by atoms with van der Waals surface area (Å²) in [6.07, 6.45) is 17.2. The zero-order chi connectivity index (χ0) is 16.2. The highest BCUT2D eigenvalue weighted by Crippen LogP contribution is 2.41. The molecule has 2 aliphatic carbocycles. The van der Waals surface area contributed by atoms with E-state index in [9.17, 15) is 4.79 Å². The average molecular weight is 296 g/mol. The van der Waals surface area contributed by atoms with E-state index in [-0.39, 0.29) is 0 Å². The molecule has 0 aromatic heterocycles. The van der Waals surface area contributed by atoms with Crippen LogP contribution in [0.5, 0.6) is 0 Å². The minimum absolute atomic E-state index is 0.298. The molecule has 0 radical (unpaired) electrons. The lowest BCUT2D eigenvalue weighted by atomic mass is 9.72. The quantitative estimate of drug-likeness (QED) is 0.471. The minimum Gasteiger partial charge on any atom is -0.299 e. The fraction of sp³-hybridized carbons (Fsp3) is 0.476. The van der Waals surface area contributed by atoms with Crippen LogP contribution in [0.25, 0.3) is 0 Å². The fourth-order valence-corrected chi connectivity index (χ4v) is 3.53. The molecular weight excluding hydrogens is 268 g/mol. The Kier molecular flexibility index (Phi) is 5.39. The van der Waals surface area contributed by atoms with Gasteiger partial charge in [0.25, 0.3) is 0 Å². The van der Waals surface area contributed by atoms with Gasteiger partial charge in [-0.15, -0.1) is 0 Å². The molecule has 0 fully saturated rings. The number of allylic oxidation sites excluding steroid dienone is 10.